The van der Waals surface area contributed by atoms with E-state index in [0.717, 1.165) is 0 Å². The number of rotatable bonds is 4. The number of aliphatic carboxylic acids is 1. The molecule has 0 aliphatic carbocycles. The van der Waals surface area contributed by atoms with Gasteiger partial charge in [-0.25, -0.2) is 0 Å². The van der Waals surface area contributed by atoms with E-state index in [2.05, 4.69) is 4.98 Å². The Morgan fingerprint density at radius 2 is 2.19 bits per heavy atom. The summed E-state index contributed by atoms with van der Waals surface area (Å²) in [4.78, 5) is 14.7. The van der Waals surface area contributed by atoms with Gasteiger partial charge in [0, 0.05) is 23.8 Å². The minimum absolute atomic E-state index is 0.0735. The molecule has 0 aliphatic rings. The second-order valence-electron chi connectivity index (χ2n) is 3.86. The van der Waals surface area contributed by atoms with Gasteiger partial charge in [0.1, 0.15) is 5.54 Å². The molecule has 5 N–H and O–H groups in total. The zero-order valence-electron chi connectivity index (χ0n) is 8.79. The van der Waals surface area contributed by atoms with Gasteiger partial charge in [0.05, 0.1) is 0 Å². The topological polar surface area (TPSA) is 117 Å². The molecule has 0 amide bonds. The summed E-state index contributed by atoms with van der Waals surface area (Å²) in [6.07, 6.45) is 1.35. The second-order valence-corrected chi connectivity index (χ2v) is 3.86. The molecule has 1 aromatic rings. The Hall–Kier alpha value is -1.44. The maximum Gasteiger partial charge on any atom is 0.490 e. The highest BCUT2D eigenvalue weighted by Crippen LogP contribution is 2.07. The molecule has 0 saturated heterocycles. The number of pyridine rings is 1. The van der Waals surface area contributed by atoms with Crippen molar-refractivity contribution in [2.45, 2.75) is 18.9 Å². The summed E-state index contributed by atoms with van der Waals surface area (Å²) in [7, 11) is -1.58. The lowest BCUT2D eigenvalue weighted by Gasteiger charge is -2.18. The van der Waals surface area contributed by atoms with Gasteiger partial charge in [-0.15, -0.1) is 0 Å². The van der Waals surface area contributed by atoms with E-state index >= 15 is 0 Å². The van der Waals surface area contributed by atoms with Crippen LogP contribution in [0.1, 0.15) is 12.6 Å². The standard InChI is InChI=1S/C9H13BN2O4/c1-9(11,8(13)14)4-7-3-2-6(5-12-7)10(15)16/h2-3,5,15-16H,4,11H2,1H3,(H,13,14)/t9-/m0/s1. The average Bonchev–Trinajstić information content (AvgIpc) is 2.17. The summed E-state index contributed by atoms with van der Waals surface area (Å²) in [6, 6.07) is 2.98. The van der Waals surface area contributed by atoms with Gasteiger partial charge in [-0.05, 0) is 13.0 Å². The third-order valence-electron chi connectivity index (χ3n) is 2.18. The molecule has 1 aromatic heterocycles. The van der Waals surface area contributed by atoms with Crippen LogP contribution in [-0.2, 0) is 11.2 Å². The van der Waals surface area contributed by atoms with Crippen LogP contribution in [0.25, 0.3) is 0 Å². The Kier molecular flexibility index (Phi) is 3.64. The number of carboxylic acid groups (broad SMARTS) is 1. The third kappa shape index (κ3) is 3.03. The van der Waals surface area contributed by atoms with E-state index in [0.29, 0.717) is 5.69 Å². The number of carbonyl (C=O) groups is 1. The van der Waals surface area contributed by atoms with Crippen LogP contribution in [0.15, 0.2) is 18.3 Å². The average molecular weight is 224 g/mol. The van der Waals surface area contributed by atoms with Crippen molar-refractivity contribution in [3.63, 3.8) is 0 Å². The van der Waals surface area contributed by atoms with Crippen LogP contribution in [-0.4, -0.2) is 38.8 Å². The predicted octanol–water partition coefficient (Wildman–Crippen LogP) is -1.89. The molecule has 0 aliphatic heterocycles. The lowest BCUT2D eigenvalue weighted by atomic mass is 9.81. The zero-order valence-corrected chi connectivity index (χ0v) is 8.79. The monoisotopic (exact) mass is 224 g/mol. The molecule has 0 radical (unpaired) electrons. The first-order valence-electron chi connectivity index (χ1n) is 4.66. The van der Waals surface area contributed by atoms with Gasteiger partial charge in [-0.1, -0.05) is 6.07 Å². The molecule has 86 valence electrons. The zero-order chi connectivity index (χ0) is 12.3. The largest absolute Gasteiger partial charge is 0.490 e. The Labute approximate surface area is 92.9 Å². The van der Waals surface area contributed by atoms with Crippen molar-refractivity contribution in [1.82, 2.24) is 4.98 Å². The molecule has 6 nitrogen and oxygen atoms in total. The SMILES string of the molecule is C[C@](N)(Cc1ccc(B(O)O)cn1)C(=O)O. The molecule has 0 aromatic carbocycles. The van der Waals surface area contributed by atoms with E-state index in [9.17, 15) is 4.79 Å². The fourth-order valence-corrected chi connectivity index (χ4v) is 1.15. The van der Waals surface area contributed by atoms with Crippen LogP contribution < -0.4 is 11.2 Å². The first-order chi connectivity index (χ1) is 7.33. The van der Waals surface area contributed by atoms with E-state index in [1.807, 2.05) is 0 Å². The Bertz CT molecular complexity index is 378. The van der Waals surface area contributed by atoms with E-state index in [-0.39, 0.29) is 11.9 Å². The number of aromatic nitrogens is 1. The molecule has 0 bridgehead atoms. The highest BCUT2D eigenvalue weighted by atomic mass is 16.4. The summed E-state index contributed by atoms with van der Waals surface area (Å²) in [6.45, 7) is 1.39. The van der Waals surface area contributed by atoms with Crippen molar-refractivity contribution >= 4 is 18.6 Å². The van der Waals surface area contributed by atoms with Gasteiger partial charge in [0.2, 0.25) is 0 Å². The molecular weight excluding hydrogens is 211 g/mol. The van der Waals surface area contributed by atoms with Crippen molar-refractivity contribution < 1.29 is 19.9 Å². The van der Waals surface area contributed by atoms with Crippen LogP contribution in [0, 0.1) is 0 Å². The highest BCUT2D eigenvalue weighted by molar-refractivity contribution is 6.58. The molecule has 0 unspecified atom stereocenters. The number of hydrogen-bond acceptors (Lipinski definition) is 5. The Morgan fingerprint density at radius 1 is 1.56 bits per heavy atom. The van der Waals surface area contributed by atoms with Gasteiger partial charge in [-0.3, -0.25) is 9.78 Å². The smallest absolute Gasteiger partial charge is 0.480 e. The van der Waals surface area contributed by atoms with E-state index < -0.39 is 18.6 Å². The molecule has 1 heterocycles. The number of nitrogens with two attached hydrogens (primary N) is 1. The molecule has 0 saturated carbocycles. The van der Waals surface area contributed by atoms with Gasteiger partial charge in [0.25, 0.3) is 0 Å². The predicted molar refractivity (Wildman–Crippen MR) is 58.0 cm³/mol. The highest BCUT2D eigenvalue weighted by Gasteiger charge is 2.28. The van der Waals surface area contributed by atoms with Crippen LogP contribution in [0.3, 0.4) is 0 Å². The van der Waals surface area contributed by atoms with Crippen LogP contribution >= 0.6 is 0 Å². The maximum atomic E-state index is 10.8. The fraction of sp³-hybridized carbons (Fsp3) is 0.333. The summed E-state index contributed by atoms with van der Waals surface area (Å²) in [5, 5.41) is 26.5. The number of carboxylic acids is 1. The fourth-order valence-electron chi connectivity index (χ4n) is 1.15. The molecule has 1 rings (SSSR count). The summed E-state index contributed by atoms with van der Waals surface area (Å²) >= 11 is 0. The normalized spacial score (nSPS) is 14.2. The summed E-state index contributed by atoms with van der Waals surface area (Å²) < 4.78 is 0. The minimum Gasteiger partial charge on any atom is -0.480 e. The lowest BCUT2D eigenvalue weighted by molar-refractivity contribution is -0.142. The summed E-state index contributed by atoms with van der Waals surface area (Å²) in [5.41, 5.74) is 4.90. The van der Waals surface area contributed by atoms with E-state index in [4.69, 9.17) is 20.9 Å². The first kappa shape index (κ1) is 12.6. The summed E-state index contributed by atoms with van der Waals surface area (Å²) in [5.74, 6) is -1.11. The molecule has 16 heavy (non-hydrogen) atoms. The van der Waals surface area contributed by atoms with Gasteiger partial charge < -0.3 is 20.9 Å². The van der Waals surface area contributed by atoms with Crippen molar-refractivity contribution in [2.24, 2.45) is 5.73 Å². The molecule has 1 atom stereocenters. The molecule has 0 spiro atoms. The quantitative estimate of drug-likeness (QED) is 0.444. The molecule has 7 heteroatoms. The number of hydrogen-bond donors (Lipinski definition) is 4. The molecular formula is C9H13BN2O4. The minimum atomic E-state index is -1.58. The van der Waals surface area contributed by atoms with Gasteiger partial charge in [0.15, 0.2) is 0 Å². The maximum absolute atomic E-state index is 10.8. The lowest BCUT2D eigenvalue weighted by Crippen LogP contribution is -2.47. The van der Waals surface area contributed by atoms with Crippen LogP contribution in [0.2, 0.25) is 0 Å². The van der Waals surface area contributed by atoms with Gasteiger partial charge in [-0.2, -0.15) is 0 Å². The van der Waals surface area contributed by atoms with Crippen molar-refractivity contribution in [3.8, 4) is 0 Å². The van der Waals surface area contributed by atoms with Crippen molar-refractivity contribution in [3.05, 3.63) is 24.0 Å². The van der Waals surface area contributed by atoms with E-state index in [1.165, 1.54) is 25.3 Å². The van der Waals surface area contributed by atoms with Crippen molar-refractivity contribution in [1.29, 1.82) is 0 Å². The first-order valence-corrected chi connectivity index (χ1v) is 4.66. The number of nitrogens with zero attached hydrogens (tertiary/aromatic N) is 1. The second kappa shape index (κ2) is 4.61. The van der Waals surface area contributed by atoms with Gasteiger partial charge >= 0.3 is 13.1 Å². The Morgan fingerprint density at radius 3 is 2.56 bits per heavy atom. The van der Waals surface area contributed by atoms with Crippen LogP contribution in [0.4, 0.5) is 0 Å². The Balaban J connectivity index is 2.80. The van der Waals surface area contributed by atoms with Crippen LogP contribution in [0.5, 0.6) is 0 Å². The molecule has 0 fully saturated rings. The third-order valence-corrected chi connectivity index (χ3v) is 2.18. The van der Waals surface area contributed by atoms with Crippen molar-refractivity contribution in [2.75, 3.05) is 0 Å². The van der Waals surface area contributed by atoms with E-state index in [1.54, 1.807) is 0 Å².